The molecule has 2 aromatic rings. The second-order valence-corrected chi connectivity index (χ2v) is 6.17. The molecule has 1 aliphatic rings. The van der Waals surface area contributed by atoms with Crippen molar-refractivity contribution in [2.24, 2.45) is 0 Å². The predicted octanol–water partition coefficient (Wildman–Crippen LogP) is 2.54. The van der Waals surface area contributed by atoms with Crippen molar-refractivity contribution in [3.63, 3.8) is 0 Å². The molecule has 0 amide bonds. The molecule has 0 bridgehead atoms. The third-order valence-electron chi connectivity index (χ3n) is 4.29. The molecule has 1 aliphatic heterocycles. The van der Waals surface area contributed by atoms with Crippen LogP contribution in [0.4, 0.5) is 0 Å². The largest absolute Gasteiger partial charge is 0.490 e. The molecule has 1 aromatic heterocycles. The lowest BCUT2D eigenvalue weighted by Crippen LogP contribution is -2.36. The molecule has 134 valence electrons. The Bertz CT molecular complexity index is 855. The van der Waals surface area contributed by atoms with E-state index in [9.17, 15) is 9.59 Å². The molecule has 0 radical (unpaired) electrons. The van der Waals surface area contributed by atoms with Crippen molar-refractivity contribution in [3.8, 4) is 11.5 Å². The van der Waals surface area contributed by atoms with Gasteiger partial charge in [0, 0.05) is 24.5 Å². The zero-order valence-electron chi connectivity index (χ0n) is 14.9. The Morgan fingerprint density at radius 1 is 1.16 bits per heavy atom. The van der Waals surface area contributed by atoms with Crippen LogP contribution < -0.4 is 15.1 Å². The van der Waals surface area contributed by atoms with E-state index in [0.717, 1.165) is 17.5 Å². The summed E-state index contributed by atoms with van der Waals surface area (Å²) in [6.45, 7) is 7.92. The molecular formula is C19H23NO5. The second-order valence-electron chi connectivity index (χ2n) is 6.17. The highest BCUT2D eigenvalue weighted by molar-refractivity contribution is 5.85. The van der Waals surface area contributed by atoms with Crippen LogP contribution >= 0.6 is 0 Å². The van der Waals surface area contributed by atoms with Crippen LogP contribution in [0, 0.1) is 0 Å². The maximum atomic E-state index is 12.4. The number of carbonyl (C=O) groups is 1. The van der Waals surface area contributed by atoms with Crippen LogP contribution in [-0.4, -0.2) is 37.0 Å². The van der Waals surface area contributed by atoms with Gasteiger partial charge in [-0.2, -0.15) is 0 Å². The van der Waals surface area contributed by atoms with Crippen molar-refractivity contribution in [2.75, 3.05) is 26.3 Å². The van der Waals surface area contributed by atoms with Gasteiger partial charge in [0.15, 0.2) is 11.5 Å². The van der Waals surface area contributed by atoms with Gasteiger partial charge in [0.25, 0.3) is 0 Å². The molecule has 2 heterocycles. The summed E-state index contributed by atoms with van der Waals surface area (Å²) in [6.07, 6.45) is 0.699. The second kappa shape index (κ2) is 7.27. The first-order chi connectivity index (χ1) is 12.0. The number of nitrogens with zero attached hydrogens (tertiary/aromatic N) is 1. The van der Waals surface area contributed by atoms with Crippen LogP contribution in [0.1, 0.15) is 31.9 Å². The fourth-order valence-corrected chi connectivity index (χ4v) is 3.31. The Morgan fingerprint density at radius 2 is 1.84 bits per heavy atom. The number of ether oxygens (including phenoxy) is 2. The van der Waals surface area contributed by atoms with Crippen molar-refractivity contribution in [1.29, 1.82) is 0 Å². The lowest BCUT2D eigenvalue weighted by molar-refractivity contribution is -0.118. The quantitative estimate of drug-likeness (QED) is 0.750. The van der Waals surface area contributed by atoms with E-state index in [1.54, 1.807) is 13.0 Å². The van der Waals surface area contributed by atoms with E-state index in [2.05, 4.69) is 0 Å². The fraction of sp³-hybridized carbons (Fsp3) is 0.474. The molecule has 0 unspecified atom stereocenters. The third kappa shape index (κ3) is 3.54. The molecule has 0 N–H and O–H groups in total. The van der Waals surface area contributed by atoms with Crippen molar-refractivity contribution >= 4 is 16.8 Å². The average molecular weight is 345 g/mol. The van der Waals surface area contributed by atoms with Crippen molar-refractivity contribution < 1.29 is 18.7 Å². The highest BCUT2D eigenvalue weighted by atomic mass is 16.5. The molecule has 0 aliphatic carbocycles. The summed E-state index contributed by atoms with van der Waals surface area (Å²) in [5.74, 6) is 1.32. The average Bonchev–Trinajstić information content (AvgIpc) is 2.56. The molecule has 0 atom stereocenters. The summed E-state index contributed by atoms with van der Waals surface area (Å²) in [4.78, 5) is 25.8. The van der Waals surface area contributed by atoms with Crippen LogP contribution in [0.3, 0.4) is 0 Å². The number of rotatable bonds is 6. The van der Waals surface area contributed by atoms with Crippen LogP contribution in [-0.2, 0) is 17.8 Å². The van der Waals surface area contributed by atoms with E-state index in [0.29, 0.717) is 55.4 Å². The van der Waals surface area contributed by atoms with E-state index in [-0.39, 0.29) is 11.4 Å². The first-order valence-electron chi connectivity index (χ1n) is 8.63. The molecular weight excluding hydrogens is 322 g/mol. The van der Waals surface area contributed by atoms with Gasteiger partial charge in [-0.05, 0) is 38.8 Å². The van der Waals surface area contributed by atoms with Crippen molar-refractivity contribution in [3.05, 3.63) is 33.7 Å². The minimum Gasteiger partial charge on any atom is -0.490 e. The smallest absolute Gasteiger partial charge is 0.341 e. The summed E-state index contributed by atoms with van der Waals surface area (Å²) in [6, 6.07) is 3.62. The molecule has 6 heteroatoms. The van der Waals surface area contributed by atoms with Crippen LogP contribution in [0.5, 0.6) is 11.5 Å². The lowest BCUT2D eigenvalue weighted by atomic mass is 9.97. The highest BCUT2D eigenvalue weighted by Crippen LogP contribution is 2.35. The summed E-state index contributed by atoms with van der Waals surface area (Å²) in [5.41, 5.74) is 1.78. The molecule has 0 spiro atoms. The zero-order chi connectivity index (χ0) is 18.0. The van der Waals surface area contributed by atoms with Gasteiger partial charge in [0.1, 0.15) is 11.4 Å². The van der Waals surface area contributed by atoms with Gasteiger partial charge in [0.05, 0.1) is 25.3 Å². The van der Waals surface area contributed by atoms with E-state index < -0.39 is 0 Å². The molecule has 0 fully saturated rings. The maximum absolute atomic E-state index is 12.4. The van der Waals surface area contributed by atoms with Gasteiger partial charge < -0.3 is 13.9 Å². The topological polar surface area (TPSA) is 69.0 Å². The Hall–Kier alpha value is -2.34. The van der Waals surface area contributed by atoms with Gasteiger partial charge in [-0.3, -0.25) is 9.69 Å². The zero-order valence-corrected chi connectivity index (χ0v) is 14.9. The van der Waals surface area contributed by atoms with E-state index in [4.69, 9.17) is 13.9 Å². The third-order valence-corrected chi connectivity index (χ3v) is 4.29. The summed E-state index contributed by atoms with van der Waals surface area (Å²) in [5, 5.41) is 0.879. The molecule has 25 heavy (non-hydrogen) atoms. The summed E-state index contributed by atoms with van der Waals surface area (Å²) < 4.78 is 16.8. The Kier molecular flexibility index (Phi) is 5.08. The van der Waals surface area contributed by atoms with Gasteiger partial charge in [-0.1, -0.05) is 0 Å². The Morgan fingerprint density at radius 3 is 2.48 bits per heavy atom. The number of carbonyl (C=O) groups excluding carboxylic acids is 1. The minimum absolute atomic E-state index is 0.0913. The summed E-state index contributed by atoms with van der Waals surface area (Å²) >= 11 is 0. The van der Waals surface area contributed by atoms with Gasteiger partial charge in [-0.15, -0.1) is 0 Å². The monoisotopic (exact) mass is 345 g/mol. The van der Waals surface area contributed by atoms with Gasteiger partial charge >= 0.3 is 5.63 Å². The van der Waals surface area contributed by atoms with Crippen LogP contribution in [0.15, 0.2) is 21.3 Å². The molecule has 1 aromatic carbocycles. The van der Waals surface area contributed by atoms with Crippen LogP contribution in [0.25, 0.3) is 11.0 Å². The van der Waals surface area contributed by atoms with E-state index in [1.807, 2.05) is 24.8 Å². The lowest BCUT2D eigenvalue weighted by Gasteiger charge is -2.27. The summed E-state index contributed by atoms with van der Waals surface area (Å²) in [7, 11) is 0. The number of ketones is 1. The number of benzene rings is 1. The molecule has 0 saturated carbocycles. The first-order valence-corrected chi connectivity index (χ1v) is 8.63. The molecule has 6 nitrogen and oxygen atoms in total. The van der Waals surface area contributed by atoms with E-state index >= 15 is 0 Å². The Balaban J connectivity index is 2.10. The number of hydrogen-bond donors (Lipinski definition) is 0. The van der Waals surface area contributed by atoms with E-state index in [1.165, 1.54) is 0 Å². The molecule has 3 rings (SSSR count). The van der Waals surface area contributed by atoms with Crippen molar-refractivity contribution in [1.82, 2.24) is 4.90 Å². The standard InChI is InChI=1S/C19H23NO5/c1-4-23-17-8-14-13-6-7-20(10-12(3)21)11-15(13)19(22)25-16(14)9-18(17)24-5-2/h8-9H,4-7,10-11H2,1-3H3. The minimum atomic E-state index is -0.345. The van der Waals surface area contributed by atoms with Crippen molar-refractivity contribution in [2.45, 2.75) is 33.7 Å². The maximum Gasteiger partial charge on any atom is 0.341 e. The number of hydrogen-bond acceptors (Lipinski definition) is 6. The number of Topliss-reactive ketones (excluding diaryl/α,β-unsaturated/α-hetero) is 1. The van der Waals surface area contributed by atoms with Gasteiger partial charge in [-0.25, -0.2) is 4.79 Å². The Labute approximate surface area is 146 Å². The predicted molar refractivity (Wildman–Crippen MR) is 94.5 cm³/mol. The number of fused-ring (bicyclic) bond motifs is 3. The van der Waals surface area contributed by atoms with Crippen LogP contribution in [0.2, 0.25) is 0 Å². The highest BCUT2D eigenvalue weighted by Gasteiger charge is 2.24. The van der Waals surface area contributed by atoms with Gasteiger partial charge in [0.2, 0.25) is 0 Å². The SMILES string of the molecule is CCOc1cc2oc(=O)c3c(c2cc1OCC)CCN(CC(C)=O)C3. The normalized spacial score (nSPS) is 14.4. The molecule has 0 saturated heterocycles. The first kappa shape index (κ1) is 17.5. The fourth-order valence-electron chi connectivity index (χ4n) is 3.31.